The highest BCUT2D eigenvalue weighted by Crippen LogP contribution is 2.53. The number of hydrogen-bond donors (Lipinski definition) is 0. The Morgan fingerprint density at radius 1 is 0.821 bits per heavy atom. The molecular weight excluding hydrogens is 354 g/mol. The molecule has 28 heavy (non-hydrogen) atoms. The van der Waals surface area contributed by atoms with Crippen LogP contribution in [0, 0.1) is 35.3 Å². The van der Waals surface area contributed by atoms with Gasteiger partial charge >= 0.3 is 0 Å². The summed E-state index contributed by atoms with van der Waals surface area (Å²) in [4.78, 5) is 0. The summed E-state index contributed by atoms with van der Waals surface area (Å²) in [5.74, 6) is 1.90. The van der Waals surface area contributed by atoms with Gasteiger partial charge in [0.15, 0.2) is 11.6 Å². The van der Waals surface area contributed by atoms with Crippen LogP contribution in [0.25, 0.3) is 0 Å². The number of ether oxygens (including phenoxy) is 1. The maximum Gasteiger partial charge on any atom is 0.200 e. The number of fused-ring (bicyclic) bond motifs is 1. The SMILES string of the molecule is CCCCCC1CCC2C(CCc3ccc(OCCCC)c(F)c3F)CCC12. The van der Waals surface area contributed by atoms with Gasteiger partial charge in [-0.3, -0.25) is 0 Å². The molecule has 0 saturated heterocycles. The van der Waals surface area contributed by atoms with Crippen molar-refractivity contribution in [3.05, 3.63) is 29.3 Å². The van der Waals surface area contributed by atoms with E-state index in [0.29, 0.717) is 24.5 Å². The normalized spacial score (nSPS) is 26.6. The van der Waals surface area contributed by atoms with Crippen molar-refractivity contribution in [1.82, 2.24) is 0 Å². The Balaban J connectivity index is 1.51. The molecule has 1 nitrogen and oxygen atoms in total. The largest absolute Gasteiger partial charge is 0.490 e. The van der Waals surface area contributed by atoms with Crippen molar-refractivity contribution >= 4 is 0 Å². The Morgan fingerprint density at radius 2 is 1.50 bits per heavy atom. The van der Waals surface area contributed by atoms with Crippen molar-refractivity contribution in [3.8, 4) is 5.75 Å². The summed E-state index contributed by atoms with van der Waals surface area (Å²) in [6.45, 7) is 4.76. The number of rotatable bonds is 11. The van der Waals surface area contributed by atoms with Crippen LogP contribution in [0.4, 0.5) is 8.78 Å². The third kappa shape index (κ3) is 5.07. The molecule has 0 bridgehead atoms. The molecule has 4 atom stereocenters. The van der Waals surface area contributed by atoms with Gasteiger partial charge in [-0.15, -0.1) is 0 Å². The molecule has 0 amide bonds. The Kier molecular flexibility index (Phi) is 8.17. The van der Waals surface area contributed by atoms with Crippen LogP contribution in [0.5, 0.6) is 5.75 Å². The van der Waals surface area contributed by atoms with E-state index < -0.39 is 11.6 Å². The highest BCUT2D eigenvalue weighted by Gasteiger charge is 2.43. The summed E-state index contributed by atoms with van der Waals surface area (Å²) in [7, 11) is 0. The van der Waals surface area contributed by atoms with Crippen LogP contribution in [0.15, 0.2) is 12.1 Å². The third-order valence-corrected chi connectivity index (χ3v) is 7.35. The number of benzene rings is 1. The summed E-state index contributed by atoms with van der Waals surface area (Å²) in [6, 6.07) is 3.34. The van der Waals surface area contributed by atoms with Crippen LogP contribution in [-0.4, -0.2) is 6.61 Å². The molecule has 4 unspecified atom stereocenters. The zero-order valence-corrected chi connectivity index (χ0v) is 17.8. The van der Waals surface area contributed by atoms with Crippen LogP contribution >= 0.6 is 0 Å². The van der Waals surface area contributed by atoms with Gasteiger partial charge in [-0.25, -0.2) is 4.39 Å². The molecule has 0 aromatic heterocycles. The van der Waals surface area contributed by atoms with E-state index in [1.807, 2.05) is 0 Å². The van der Waals surface area contributed by atoms with Crippen molar-refractivity contribution in [2.45, 2.75) is 90.9 Å². The lowest BCUT2D eigenvalue weighted by Gasteiger charge is -2.21. The molecule has 1 aromatic rings. The molecule has 0 spiro atoms. The first-order valence-corrected chi connectivity index (χ1v) is 11.7. The van der Waals surface area contributed by atoms with Gasteiger partial charge in [0.2, 0.25) is 5.82 Å². The van der Waals surface area contributed by atoms with Crippen molar-refractivity contribution in [2.75, 3.05) is 6.61 Å². The average molecular weight is 393 g/mol. The Bertz CT molecular complexity index is 615. The minimum absolute atomic E-state index is 0.0568. The van der Waals surface area contributed by atoms with E-state index >= 15 is 0 Å². The lowest BCUT2D eigenvalue weighted by molar-refractivity contribution is 0.285. The molecular formula is C25H38F2O. The first-order valence-electron chi connectivity index (χ1n) is 11.7. The van der Waals surface area contributed by atoms with E-state index in [0.717, 1.165) is 37.0 Å². The molecule has 2 fully saturated rings. The van der Waals surface area contributed by atoms with Crippen LogP contribution in [0.3, 0.4) is 0 Å². The van der Waals surface area contributed by atoms with Gasteiger partial charge in [0.1, 0.15) is 0 Å². The predicted octanol–water partition coefficient (Wildman–Crippen LogP) is 7.71. The van der Waals surface area contributed by atoms with Gasteiger partial charge < -0.3 is 4.74 Å². The monoisotopic (exact) mass is 392 g/mol. The summed E-state index contributed by atoms with van der Waals surface area (Å²) >= 11 is 0. The van der Waals surface area contributed by atoms with Crippen molar-refractivity contribution in [3.63, 3.8) is 0 Å². The number of aryl methyl sites for hydroxylation is 1. The lowest BCUT2D eigenvalue weighted by Crippen LogP contribution is -2.14. The fraction of sp³-hybridized carbons (Fsp3) is 0.760. The van der Waals surface area contributed by atoms with E-state index in [1.54, 1.807) is 12.1 Å². The minimum Gasteiger partial charge on any atom is -0.490 e. The first-order chi connectivity index (χ1) is 13.7. The lowest BCUT2D eigenvalue weighted by atomic mass is 9.84. The summed E-state index contributed by atoms with van der Waals surface area (Å²) in [5, 5.41) is 0. The molecule has 0 aliphatic heterocycles. The molecule has 0 N–H and O–H groups in total. The van der Waals surface area contributed by atoms with Crippen molar-refractivity contribution in [1.29, 1.82) is 0 Å². The Labute approximate surface area is 170 Å². The minimum atomic E-state index is -0.810. The second-order valence-corrected chi connectivity index (χ2v) is 9.09. The van der Waals surface area contributed by atoms with Gasteiger partial charge in [0, 0.05) is 0 Å². The van der Waals surface area contributed by atoms with E-state index in [1.165, 1.54) is 51.4 Å². The van der Waals surface area contributed by atoms with E-state index in [-0.39, 0.29) is 5.75 Å². The summed E-state index contributed by atoms with van der Waals surface area (Å²) in [5.41, 5.74) is 0.515. The first kappa shape index (κ1) is 21.6. The molecule has 3 rings (SSSR count). The fourth-order valence-corrected chi connectivity index (χ4v) is 5.76. The molecule has 3 heteroatoms. The Morgan fingerprint density at radius 3 is 2.18 bits per heavy atom. The molecule has 0 heterocycles. The van der Waals surface area contributed by atoms with Gasteiger partial charge in [-0.1, -0.05) is 52.0 Å². The second-order valence-electron chi connectivity index (χ2n) is 9.09. The number of hydrogen-bond acceptors (Lipinski definition) is 1. The van der Waals surface area contributed by atoms with Crippen molar-refractivity contribution < 1.29 is 13.5 Å². The number of halogens is 2. The Hall–Kier alpha value is -1.12. The molecule has 1 aromatic carbocycles. The zero-order chi connectivity index (χ0) is 19.9. The van der Waals surface area contributed by atoms with Gasteiger partial charge in [-0.05, 0) is 80.2 Å². The van der Waals surface area contributed by atoms with Gasteiger partial charge in [0.25, 0.3) is 0 Å². The van der Waals surface area contributed by atoms with Crippen LogP contribution < -0.4 is 4.74 Å². The van der Waals surface area contributed by atoms with Gasteiger partial charge in [-0.2, -0.15) is 4.39 Å². The smallest absolute Gasteiger partial charge is 0.200 e. The highest BCUT2D eigenvalue weighted by atomic mass is 19.2. The fourth-order valence-electron chi connectivity index (χ4n) is 5.76. The van der Waals surface area contributed by atoms with Gasteiger partial charge in [0.05, 0.1) is 6.61 Å². The molecule has 158 valence electrons. The quantitative estimate of drug-likeness (QED) is 0.350. The molecule has 2 saturated carbocycles. The van der Waals surface area contributed by atoms with Crippen LogP contribution in [-0.2, 0) is 6.42 Å². The van der Waals surface area contributed by atoms with Crippen molar-refractivity contribution in [2.24, 2.45) is 23.7 Å². The van der Waals surface area contributed by atoms with E-state index in [4.69, 9.17) is 4.74 Å². The molecule has 2 aliphatic rings. The molecule has 2 aliphatic carbocycles. The summed E-state index contributed by atoms with van der Waals surface area (Å²) < 4.78 is 34.2. The second kappa shape index (κ2) is 10.6. The van der Waals surface area contributed by atoms with E-state index in [2.05, 4.69) is 13.8 Å². The molecule has 0 radical (unpaired) electrons. The number of unbranched alkanes of at least 4 members (excludes halogenated alkanes) is 3. The van der Waals surface area contributed by atoms with E-state index in [9.17, 15) is 8.78 Å². The topological polar surface area (TPSA) is 9.23 Å². The van der Waals surface area contributed by atoms with Crippen LogP contribution in [0.1, 0.15) is 90.0 Å². The maximum absolute atomic E-state index is 14.5. The maximum atomic E-state index is 14.5. The van der Waals surface area contributed by atoms with Crippen LogP contribution in [0.2, 0.25) is 0 Å². The zero-order valence-electron chi connectivity index (χ0n) is 17.8. The third-order valence-electron chi connectivity index (χ3n) is 7.35. The summed E-state index contributed by atoms with van der Waals surface area (Å²) in [6.07, 6.45) is 14.3. The highest BCUT2D eigenvalue weighted by molar-refractivity contribution is 5.31. The average Bonchev–Trinajstić information content (AvgIpc) is 3.28. The standard InChI is InChI=1S/C25H38F2O/c1-3-5-7-8-18-11-14-22-19(12-15-21(18)22)9-10-20-13-16-23(25(27)24(20)26)28-17-6-4-2/h13,16,18-19,21-22H,3-12,14-15,17H2,1-2H3. The predicted molar refractivity (Wildman–Crippen MR) is 112 cm³/mol.